The average Bonchev–Trinajstić information content (AvgIpc) is 1.83. The Balaban J connectivity index is 3.52. The van der Waals surface area contributed by atoms with Gasteiger partial charge < -0.3 is 0 Å². The summed E-state index contributed by atoms with van der Waals surface area (Å²) in [7, 11) is 0. The molecular formula is C6H12N2. The van der Waals surface area contributed by atoms with Gasteiger partial charge in [0.05, 0.1) is 0 Å². The molecule has 0 aromatic rings. The van der Waals surface area contributed by atoms with E-state index in [1.54, 1.807) is 17.4 Å². The van der Waals surface area contributed by atoms with Gasteiger partial charge in [-0.3, -0.25) is 5.01 Å². The van der Waals surface area contributed by atoms with Crippen LogP contribution in [0.5, 0.6) is 0 Å². The molecule has 0 rings (SSSR count). The molecule has 8 heavy (non-hydrogen) atoms. The summed E-state index contributed by atoms with van der Waals surface area (Å²) in [4.78, 5) is 0. The third-order valence-corrected chi connectivity index (χ3v) is 0.799. The molecule has 0 aromatic carbocycles. The number of nitrogens with zero attached hydrogens (tertiary/aromatic N) is 2. The lowest BCUT2D eigenvalue weighted by atomic mass is 10.7. The Morgan fingerprint density at radius 3 is 2.50 bits per heavy atom. The fourth-order valence-corrected chi connectivity index (χ4v) is 0.406. The lowest BCUT2D eigenvalue weighted by Crippen LogP contribution is -2.06. The molecule has 0 spiro atoms. The third-order valence-electron chi connectivity index (χ3n) is 0.799. The van der Waals surface area contributed by atoms with E-state index in [1.807, 2.05) is 13.8 Å². The summed E-state index contributed by atoms with van der Waals surface area (Å²) < 4.78 is 0. The highest BCUT2D eigenvalue weighted by atomic mass is 15.4. The van der Waals surface area contributed by atoms with Gasteiger partial charge in [0.1, 0.15) is 0 Å². The van der Waals surface area contributed by atoms with Crippen LogP contribution in [0, 0.1) is 0 Å². The zero-order valence-electron chi connectivity index (χ0n) is 5.46. The summed E-state index contributed by atoms with van der Waals surface area (Å²) in [6, 6.07) is 0. The van der Waals surface area contributed by atoms with Crippen LogP contribution in [-0.4, -0.2) is 17.8 Å². The van der Waals surface area contributed by atoms with Gasteiger partial charge in [-0.1, -0.05) is 6.58 Å². The molecule has 0 heterocycles. The third kappa shape index (κ3) is 2.39. The Hall–Kier alpha value is -0.790. The molecule has 0 N–H and O–H groups in total. The molecule has 0 aliphatic rings. The van der Waals surface area contributed by atoms with E-state index in [1.165, 1.54) is 0 Å². The lowest BCUT2D eigenvalue weighted by molar-refractivity contribution is 0.425. The van der Waals surface area contributed by atoms with E-state index in [0.29, 0.717) is 0 Å². The van der Waals surface area contributed by atoms with E-state index < -0.39 is 0 Å². The van der Waals surface area contributed by atoms with Crippen LogP contribution >= 0.6 is 0 Å². The second-order valence-corrected chi connectivity index (χ2v) is 1.31. The van der Waals surface area contributed by atoms with Gasteiger partial charge in [-0.05, 0) is 13.8 Å². The van der Waals surface area contributed by atoms with Gasteiger partial charge in [0, 0.05) is 19.0 Å². The van der Waals surface area contributed by atoms with Crippen molar-refractivity contribution in [3.05, 3.63) is 12.8 Å². The van der Waals surface area contributed by atoms with Gasteiger partial charge in [-0.25, -0.2) is 0 Å². The Kier molecular flexibility index (Phi) is 3.94. The number of hydrogen-bond acceptors (Lipinski definition) is 2. The largest absolute Gasteiger partial charge is 0.274 e. The molecule has 2 heteroatoms. The maximum atomic E-state index is 3.95. The molecule has 0 aromatic heterocycles. The molecule has 0 atom stereocenters. The Labute approximate surface area is 50.5 Å². The first-order valence-electron chi connectivity index (χ1n) is 2.73. The number of hydrogen-bond donors (Lipinski definition) is 0. The minimum Gasteiger partial charge on any atom is -0.274 e. The van der Waals surface area contributed by atoms with Crippen LogP contribution in [0.1, 0.15) is 13.8 Å². The van der Waals surface area contributed by atoms with Crippen LogP contribution in [0.4, 0.5) is 0 Å². The molecular weight excluding hydrogens is 100 g/mol. The summed E-state index contributed by atoms with van der Waals surface area (Å²) in [5.74, 6) is 0. The predicted octanol–water partition coefficient (Wildman–Crippen LogP) is 1.46. The van der Waals surface area contributed by atoms with E-state index in [9.17, 15) is 0 Å². The SMILES string of the molecule is C=CN(CC)N=CC. The van der Waals surface area contributed by atoms with Crippen molar-refractivity contribution in [1.29, 1.82) is 0 Å². The van der Waals surface area contributed by atoms with E-state index >= 15 is 0 Å². The summed E-state index contributed by atoms with van der Waals surface area (Å²) >= 11 is 0. The van der Waals surface area contributed by atoms with Crippen molar-refractivity contribution in [3.63, 3.8) is 0 Å². The fourth-order valence-electron chi connectivity index (χ4n) is 0.406. The van der Waals surface area contributed by atoms with Crippen molar-refractivity contribution in [2.75, 3.05) is 6.54 Å². The summed E-state index contributed by atoms with van der Waals surface area (Å²) in [5.41, 5.74) is 0. The van der Waals surface area contributed by atoms with E-state index in [4.69, 9.17) is 0 Å². The fraction of sp³-hybridized carbons (Fsp3) is 0.500. The summed E-state index contributed by atoms with van der Waals surface area (Å²) in [5, 5.41) is 5.72. The zero-order valence-corrected chi connectivity index (χ0v) is 5.46. The Morgan fingerprint density at radius 2 is 2.38 bits per heavy atom. The molecule has 2 nitrogen and oxygen atoms in total. The van der Waals surface area contributed by atoms with Crippen LogP contribution in [-0.2, 0) is 0 Å². The van der Waals surface area contributed by atoms with Crippen molar-refractivity contribution in [1.82, 2.24) is 5.01 Å². The van der Waals surface area contributed by atoms with Gasteiger partial charge in [0.15, 0.2) is 0 Å². The maximum absolute atomic E-state index is 3.95. The van der Waals surface area contributed by atoms with Crippen LogP contribution in [0.2, 0.25) is 0 Å². The minimum absolute atomic E-state index is 0.883. The highest BCUT2D eigenvalue weighted by Crippen LogP contribution is 1.84. The summed E-state index contributed by atoms with van der Waals surface area (Å²) in [6.07, 6.45) is 3.44. The monoisotopic (exact) mass is 112 g/mol. The van der Waals surface area contributed by atoms with Crippen molar-refractivity contribution < 1.29 is 0 Å². The minimum atomic E-state index is 0.883. The quantitative estimate of drug-likeness (QED) is 0.398. The first kappa shape index (κ1) is 7.21. The summed E-state index contributed by atoms with van der Waals surface area (Å²) in [6.45, 7) is 8.35. The van der Waals surface area contributed by atoms with Gasteiger partial charge in [0.2, 0.25) is 0 Å². The van der Waals surface area contributed by atoms with Crippen LogP contribution in [0.3, 0.4) is 0 Å². The molecule has 0 radical (unpaired) electrons. The standard InChI is InChI=1S/C6H12N2/c1-4-7-8(5-2)6-3/h4-5H,2,6H2,1,3H3. The normalized spacial score (nSPS) is 9.75. The van der Waals surface area contributed by atoms with Crippen molar-refractivity contribution in [2.24, 2.45) is 5.10 Å². The molecule has 0 saturated carbocycles. The number of rotatable bonds is 3. The smallest absolute Gasteiger partial charge is 0.0380 e. The van der Waals surface area contributed by atoms with Gasteiger partial charge in [-0.15, -0.1) is 0 Å². The average molecular weight is 112 g/mol. The molecule has 0 unspecified atom stereocenters. The molecule has 0 aliphatic carbocycles. The molecule has 0 fully saturated rings. The highest BCUT2D eigenvalue weighted by Gasteiger charge is 1.82. The van der Waals surface area contributed by atoms with Gasteiger partial charge in [-0.2, -0.15) is 5.10 Å². The number of hydrazone groups is 1. The molecule has 0 bridgehead atoms. The highest BCUT2D eigenvalue weighted by molar-refractivity contribution is 5.52. The first-order chi connectivity index (χ1) is 3.85. The van der Waals surface area contributed by atoms with Gasteiger partial charge >= 0.3 is 0 Å². The Bertz CT molecular complexity index is 86.5. The van der Waals surface area contributed by atoms with E-state index in [2.05, 4.69) is 11.7 Å². The first-order valence-corrected chi connectivity index (χ1v) is 2.73. The predicted molar refractivity (Wildman–Crippen MR) is 36.7 cm³/mol. The van der Waals surface area contributed by atoms with Crippen LogP contribution < -0.4 is 0 Å². The van der Waals surface area contributed by atoms with Crippen molar-refractivity contribution >= 4 is 6.21 Å². The van der Waals surface area contributed by atoms with Crippen molar-refractivity contribution in [3.8, 4) is 0 Å². The van der Waals surface area contributed by atoms with Crippen LogP contribution in [0.15, 0.2) is 17.9 Å². The second kappa shape index (κ2) is 4.37. The molecule has 46 valence electrons. The molecule has 0 aliphatic heterocycles. The second-order valence-electron chi connectivity index (χ2n) is 1.31. The molecule has 0 amide bonds. The molecule has 0 saturated heterocycles. The van der Waals surface area contributed by atoms with E-state index in [-0.39, 0.29) is 0 Å². The maximum Gasteiger partial charge on any atom is 0.0380 e. The van der Waals surface area contributed by atoms with Gasteiger partial charge in [0.25, 0.3) is 0 Å². The van der Waals surface area contributed by atoms with Crippen molar-refractivity contribution in [2.45, 2.75) is 13.8 Å². The zero-order chi connectivity index (χ0) is 6.41. The van der Waals surface area contributed by atoms with Crippen LogP contribution in [0.25, 0.3) is 0 Å². The van der Waals surface area contributed by atoms with E-state index in [0.717, 1.165) is 6.54 Å². The Morgan fingerprint density at radius 1 is 1.75 bits per heavy atom. The topological polar surface area (TPSA) is 15.6 Å². The lowest BCUT2D eigenvalue weighted by Gasteiger charge is -2.07.